The van der Waals surface area contributed by atoms with Crippen molar-refractivity contribution in [2.24, 2.45) is 0 Å². The zero-order valence-corrected chi connectivity index (χ0v) is 11.4. The first-order valence-corrected chi connectivity index (χ1v) is 6.41. The fraction of sp³-hybridized carbons (Fsp3) is 0.0625. The van der Waals surface area contributed by atoms with E-state index in [1.165, 1.54) is 37.4 Å². The van der Waals surface area contributed by atoms with E-state index in [4.69, 9.17) is 4.42 Å². The van der Waals surface area contributed by atoms with E-state index in [0.29, 0.717) is 5.56 Å². The van der Waals surface area contributed by atoms with Gasteiger partial charge in [0.2, 0.25) is 0 Å². The predicted octanol–water partition coefficient (Wildman–Crippen LogP) is 3.88. The second-order valence-electron chi connectivity index (χ2n) is 4.63. The van der Waals surface area contributed by atoms with Crippen LogP contribution in [0.4, 0.5) is 13.2 Å². The molecule has 2 aromatic carbocycles. The lowest BCUT2D eigenvalue weighted by Gasteiger charge is -2.02. The molecular formula is C16H10F3NO2. The highest BCUT2D eigenvalue weighted by molar-refractivity contribution is 6.11. The van der Waals surface area contributed by atoms with Gasteiger partial charge in [0.1, 0.15) is 17.2 Å². The number of nitrogens with one attached hydrogen (secondary N) is 1. The van der Waals surface area contributed by atoms with Crippen LogP contribution in [0.3, 0.4) is 0 Å². The molecule has 1 heterocycles. The van der Waals surface area contributed by atoms with Gasteiger partial charge in [-0.1, -0.05) is 0 Å². The molecule has 0 saturated carbocycles. The largest absolute Gasteiger partial charge is 0.455 e. The van der Waals surface area contributed by atoms with Crippen LogP contribution in [0, 0.1) is 17.5 Å². The molecular weight excluding hydrogens is 295 g/mol. The molecule has 3 nitrogen and oxygen atoms in total. The fourth-order valence-corrected chi connectivity index (χ4v) is 2.27. The Morgan fingerprint density at radius 1 is 1.05 bits per heavy atom. The van der Waals surface area contributed by atoms with E-state index in [1.807, 2.05) is 0 Å². The summed E-state index contributed by atoms with van der Waals surface area (Å²) in [4.78, 5) is 12.1. The van der Waals surface area contributed by atoms with Gasteiger partial charge in [-0.15, -0.1) is 0 Å². The molecule has 6 heteroatoms. The van der Waals surface area contributed by atoms with Crippen LogP contribution in [0.2, 0.25) is 0 Å². The summed E-state index contributed by atoms with van der Waals surface area (Å²) in [6.45, 7) is 0. The fourth-order valence-electron chi connectivity index (χ4n) is 2.27. The number of carbonyl (C=O) groups is 1. The Kier molecular flexibility index (Phi) is 3.36. The van der Waals surface area contributed by atoms with E-state index in [1.54, 1.807) is 0 Å². The Morgan fingerprint density at radius 2 is 1.73 bits per heavy atom. The van der Waals surface area contributed by atoms with Gasteiger partial charge in [-0.05, 0) is 36.4 Å². The first-order valence-electron chi connectivity index (χ1n) is 6.41. The van der Waals surface area contributed by atoms with Gasteiger partial charge in [-0.25, -0.2) is 13.2 Å². The molecule has 1 N–H and O–H groups in total. The van der Waals surface area contributed by atoms with Gasteiger partial charge in [0, 0.05) is 12.6 Å². The van der Waals surface area contributed by atoms with Crippen molar-refractivity contribution in [3.05, 3.63) is 59.4 Å². The number of furan rings is 1. The number of halogens is 3. The topological polar surface area (TPSA) is 42.2 Å². The number of benzene rings is 2. The molecule has 0 radical (unpaired) electrons. The lowest BCUT2D eigenvalue weighted by molar-refractivity contribution is 0.0964. The van der Waals surface area contributed by atoms with Gasteiger partial charge in [0.15, 0.2) is 11.6 Å². The quantitative estimate of drug-likeness (QED) is 0.781. The molecule has 3 rings (SSSR count). The van der Waals surface area contributed by atoms with Gasteiger partial charge in [0.25, 0.3) is 5.91 Å². The zero-order chi connectivity index (χ0) is 15.9. The normalized spacial score (nSPS) is 10.9. The van der Waals surface area contributed by atoms with Crippen molar-refractivity contribution < 1.29 is 22.4 Å². The summed E-state index contributed by atoms with van der Waals surface area (Å²) in [6.07, 6.45) is 0. The third kappa shape index (κ3) is 2.13. The lowest BCUT2D eigenvalue weighted by atomic mass is 10.0. The molecule has 0 aliphatic rings. The van der Waals surface area contributed by atoms with Crippen molar-refractivity contribution in [3.63, 3.8) is 0 Å². The predicted molar refractivity (Wildman–Crippen MR) is 74.9 cm³/mol. The monoisotopic (exact) mass is 305 g/mol. The Hall–Kier alpha value is -2.76. The summed E-state index contributed by atoms with van der Waals surface area (Å²) in [5, 5.41) is 2.13. The SMILES string of the molecule is CNC(=O)c1c(-c2ccc(F)cc2)oc2ccc(F)c(F)c12. The summed E-state index contributed by atoms with van der Waals surface area (Å²) in [6, 6.07) is 7.33. The molecule has 0 bridgehead atoms. The first-order chi connectivity index (χ1) is 10.5. The molecule has 0 aliphatic heterocycles. The highest BCUT2D eigenvalue weighted by Crippen LogP contribution is 2.35. The van der Waals surface area contributed by atoms with Gasteiger partial charge < -0.3 is 9.73 Å². The first kappa shape index (κ1) is 14.2. The number of hydrogen-bond acceptors (Lipinski definition) is 2. The van der Waals surface area contributed by atoms with Crippen LogP contribution < -0.4 is 5.32 Å². The Morgan fingerprint density at radius 3 is 2.36 bits per heavy atom. The molecule has 0 spiro atoms. The summed E-state index contributed by atoms with van der Waals surface area (Å²) >= 11 is 0. The number of hydrogen-bond donors (Lipinski definition) is 1. The summed E-state index contributed by atoms with van der Waals surface area (Å²) in [5.41, 5.74) is 0.300. The van der Waals surface area contributed by atoms with Crippen molar-refractivity contribution in [1.82, 2.24) is 5.32 Å². The summed E-state index contributed by atoms with van der Waals surface area (Å²) in [7, 11) is 1.37. The van der Waals surface area contributed by atoms with Gasteiger partial charge in [-0.3, -0.25) is 4.79 Å². The van der Waals surface area contributed by atoms with Crippen LogP contribution in [-0.2, 0) is 0 Å². The van der Waals surface area contributed by atoms with Crippen LogP contribution in [0.15, 0.2) is 40.8 Å². The minimum atomic E-state index is -1.16. The molecule has 0 atom stereocenters. The van der Waals surface area contributed by atoms with E-state index < -0.39 is 23.4 Å². The van der Waals surface area contributed by atoms with E-state index in [-0.39, 0.29) is 22.3 Å². The van der Waals surface area contributed by atoms with Crippen molar-refractivity contribution in [3.8, 4) is 11.3 Å². The van der Waals surface area contributed by atoms with Crippen LogP contribution in [0.5, 0.6) is 0 Å². The third-order valence-electron chi connectivity index (χ3n) is 3.31. The van der Waals surface area contributed by atoms with E-state index in [2.05, 4.69) is 5.32 Å². The van der Waals surface area contributed by atoms with Gasteiger partial charge in [-0.2, -0.15) is 0 Å². The second-order valence-corrected chi connectivity index (χ2v) is 4.63. The molecule has 0 saturated heterocycles. The van der Waals surface area contributed by atoms with Gasteiger partial charge in [0.05, 0.1) is 10.9 Å². The Labute approximate surface area is 123 Å². The van der Waals surface area contributed by atoms with Crippen LogP contribution >= 0.6 is 0 Å². The van der Waals surface area contributed by atoms with Crippen LogP contribution in [0.1, 0.15) is 10.4 Å². The zero-order valence-electron chi connectivity index (χ0n) is 11.4. The number of amides is 1. The van der Waals surface area contributed by atoms with Gasteiger partial charge >= 0.3 is 0 Å². The minimum Gasteiger partial charge on any atom is -0.455 e. The maximum Gasteiger partial charge on any atom is 0.255 e. The van der Waals surface area contributed by atoms with Crippen molar-refractivity contribution in [1.29, 1.82) is 0 Å². The number of carbonyl (C=O) groups excluding carboxylic acids is 1. The Balaban J connectivity index is 2.37. The molecule has 0 fully saturated rings. The standard InChI is InChI=1S/C16H10F3NO2/c1-20-16(21)13-12-11(7-6-10(18)14(12)19)22-15(13)8-2-4-9(17)5-3-8/h2-7H,1H3,(H,20,21). The van der Waals surface area contributed by atoms with E-state index in [0.717, 1.165) is 6.07 Å². The Bertz CT molecular complexity index is 869. The maximum absolute atomic E-state index is 14.1. The average molecular weight is 305 g/mol. The van der Waals surface area contributed by atoms with E-state index in [9.17, 15) is 18.0 Å². The van der Waals surface area contributed by atoms with Crippen molar-refractivity contribution >= 4 is 16.9 Å². The molecule has 112 valence electrons. The molecule has 0 aliphatic carbocycles. The van der Waals surface area contributed by atoms with Crippen LogP contribution in [-0.4, -0.2) is 13.0 Å². The molecule has 1 aromatic heterocycles. The molecule has 0 unspecified atom stereocenters. The van der Waals surface area contributed by atoms with E-state index >= 15 is 0 Å². The third-order valence-corrected chi connectivity index (χ3v) is 3.31. The molecule has 3 aromatic rings. The molecule has 22 heavy (non-hydrogen) atoms. The second kappa shape index (κ2) is 5.22. The number of fused-ring (bicyclic) bond motifs is 1. The van der Waals surface area contributed by atoms with Crippen molar-refractivity contribution in [2.45, 2.75) is 0 Å². The minimum absolute atomic E-state index is 0.0387. The summed E-state index contributed by atoms with van der Waals surface area (Å²) < 4.78 is 46.1. The highest BCUT2D eigenvalue weighted by Gasteiger charge is 2.25. The molecule has 1 amide bonds. The lowest BCUT2D eigenvalue weighted by Crippen LogP contribution is -2.18. The highest BCUT2D eigenvalue weighted by atomic mass is 19.2. The maximum atomic E-state index is 14.1. The van der Waals surface area contributed by atoms with Crippen LogP contribution in [0.25, 0.3) is 22.3 Å². The van der Waals surface area contributed by atoms with Crippen molar-refractivity contribution in [2.75, 3.05) is 7.05 Å². The smallest absolute Gasteiger partial charge is 0.255 e. The average Bonchev–Trinajstić information content (AvgIpc) is 2.91. The number of rotatable bonds is 2. The summed E-state index contributed by atoms with van der Waals surface area (Å²) in [5.74, 6) is -3.27.